The molecule has 0 aliphatic carbocycles. The van der Waals surface area contributed by atoms with Gasteiger partial charge in [0.25, 0.3) is 17.6 Å². The van der Waals surface area contributed by atoms with E-state index in [2.05, 4.69) is 47.4 Å². The SMILES string of the molecule is CC(C)c1ccccc1Oc1cnc2[nH]c(=O)n(CCCOC=O)c(=O)c2c1Cc1ccc(F)cc1.CC(C)c1ccccc1Oc1cnc2c(c1Cc1ccc(F)cc1)c(=O)n(CCCO)c(=O)n2C.O.[Li+].[OH-]. The van der Waals surface area contributed by atoms with Crippen LogP contribution in [0.4, 0.5) is 8.78 Å². The zero-order chi connectivity index (χ0) is 50.8. The van der Waals surface area contributed by atoms with E-state index in [0.717, 1.165) is 31.4 Å². The van der Waals surface area contributed by atoms with Gasteiger partial charge in [-0.2, -0.15) is 0 Å². The summed E-state index contributed by atoms with van der Waals surface area (Å²) in [6.07, 6.45) is 4.07. The molecular weight excluding hydrogens is 954 g/mol. The number of carbonyl (C=O) groups is 1. The number of halogens is 2. The number of ether oxygens (including phenoxy) is 3. The molecule has 0 atom stereocenters. The standard InChI is InChI=1S/C27H26FN3O5.C27H28FN3O4.Li.2H2O/c1-17(2)20-6-3-4-7-22(20)36-23-15-29-25-24(21(23)14-18-8-10-19(28)11-9-18)26(33)31(27(34)30-25)12-5-13-35-16-32;1-17(2)20-7-4-5-8-22(20)35-23-16-29-25-24(21(23)15-18-9-11-19(28)12-10-18)26(33)31(13-6-14-32)27(34)30(25)3;;;/h3-4,6-11,15-17H,5,12-14H2,1-2H3,(H,29,30,34);4-5,7-12,16-17,32H,6,13-15H2,1-3H3;;2*1H2/q;;+1;;/p-1. The average molecular weight is 1010 g/mol. The third-order valence-corrected chi connectivity index (χ3v) is 11.9. The molecule has 74 heavy (non-hydrogen) atoms. The summed E-state index contributed by atoms with van der Waals surface area (Å²) in [4.78, 5) is 74.4. The molecule has 5 N–H and O–H groups in total. The minimum Gasteiger partial charge on any atom is -0.870 e. The third-order valence-electron chi connectivity index (χ3n) is 11.9. The van der Waals surface area contributed by atoms with Gasteiger partial charge >= 0.3 is 30.2 Å². The molecule has 0 aliphatic heterocycles. The van der Waals surface area contributed by atoms with Gasteiger partial charge in [0, 0.05) is 50.7 Å². The summed E-state index contributed by atoms with van der Waals surface area (Å²) in [5, 5.41) is 9.72. The van der Waals surface area contributed by atoms with Crippen molar-refractivity contribution in [2.75, 3.05) is 13.2 Å². The second-order valence-electron chi connectivity index (χ2n) is 17.4. The molecule has 4 aromatic carbocycles. The smallest absolute Gasteiger partial charge is 0.870 e. The molecule has 8 aromatic rings. The Hall–Kier alpha value is -7.53. The van der Waals surface area contributed by atoms with Gasteiger partial charge in [-0.3, -0.25) is 33.1 Å². The minimum absolute atomic E-state index is 0. The normalized spacial score (nSPS) is 10.8. The van der Waals surface area contributed by atoms with Crippen LogP contribution in [-0.4, -0.2) is 64.4 Å². The Kier molecular flexibility index (Phi) is 21.5. The second-order valence-corrected chi connectivity index (χ2v) is 17.4. The van der Waals surface area contributed by atoms with E-state index in [-0.39, 0.29) is 127 Å². The first kappa shape index (κ1) is 59.0. The van der Waals surface area contributed by atoms with Gasteiger partial charge in [-0.15, -0.1) is 0 Å². The van der Waals surface area contributed by atoms with Crippen molar-refractivity contribution >= 4 is 28.5 Å². The fourth-order valence-corrected chi connectivity index (χ4v) is 8.21. The van der Waals surface area contributed by atoms with Gasteiger partial charge < -0.3 is 30.3 Å². The van der Waals surface area contributed by atoms with Crippen LogP contribution in [0.3, 0.4) is 0 Å². The molecule has 17 nitrogen and oxygen atoms in total. The monoisotopic (exact) mass is 1010 g/mol. The summed E-state index contributed by atoms with van der Waals surface area (Å²) >= 11 is 0. The number of carbonyl (C=O) groups excluding carboxylic acids is 1. The number of nitrogens with zero attached hydrogens (tertiary/aromatic N) is 5. The van der Waals surface area contributed by atoms with Gasteiger partial charge in [-0.05, 0) is 83.3 Å². The topological polar surface area (TPSA) is 251 Å². The first-order valence-electron chi connectivity index (χ1n) is 23.1. The number of aliphatic hydroxyl groups is 1. The molecule has 0 unspecified atom stereocenters. The van der Waals surface area contributed by atoms with E-state index in [1.807, 2.05) is 48.5 Å². The Morgan fingerprint density at radius 2 is 1.14 bits per heavy atom. The molecular formula is C54H57F2LiN6O11. The molecule has 4 heterocycles. The summed E-state index contributed by atoms with van der Waals surface area (Å²) in [6, 6.07) is 27.3. The zero-order valence-electron chi connectivity index (χ0n) is 41.9. The Morgan fingerprint density at radius 3 is 1.64 bits per heavy atom. The van der Waals surface area contributed by atoms with Gasteiger partial charge in [-0.1, -0.05) is 88.4 Å². The van der Waals surface area contributed by atoms with Crippen LogP contribution in [0.5, 0.6) is 23.0 Å². The quantitative estimate of drug-likeness (QED) is 0.0689. The van der Waals surface area contributed by atoms with Crippen molar-refractivity contribution < 1.29 is 62.7 Å². The zero-order valence-corrected chi connectivity index (χ0v) is 41.9. The van der Waals surface area contributed by atoms with Gasteiger partial charge in [0.1, 0.15) is 45.9 Å². The van der Waals surface area contributed by atoms with E-state index >= 15 is 0 Å². The van der Waals surface area contributed by atoms with E-state index < -0.39 is 22.5 Å². The van der Waals surface area contributed by atoms with Gasteiger partial charge in [0.15, 0.2) is 0 Å². The number of H-pyrrole nitrogens is 1. The maximum absolute atomic E-state index is 13.6. The molecule has 384 valence electrons. The Labute approximate surface area is 435 Å². The van der Waals surface area contributed by atoms with Crippen molar-refractivity contribution in [2.24, 2.45) is 7.05 Å². The summed E-state index contributed by atoms with van der Waals surface area (Å²) in [5.74, 6) is 1.70. The first-order valence-corrected chi connectivity index (χ1v) is 23.1. The minimum atomic E-state index is -0.613. The Bertz CT molecular complexity index is 3430. The molecule has 0 saturated carbocycles. The van der Waals surface area contributed by atoms with Crippen LogP contribution in [-0.2, 0) is 42.5 Å². The molecule has 0 spiro atoms. The fourth-order valence-electron chi connectivity index (χ4n) is 8.21. The molecule has 0 radical (unpaired) electrons. The van der Waals surface area contributed by atoms with E-state index in [4.69, 9.17) is 9.47 Å². The van der Waals surface area contributed by atoms with Crippen molar-refractivity contribution in [3.63, 3.8) is 0 Å². The van der Waals surface area contributed by atoms with E-state index in [9.17, 15) is 37.9 Å². The van der Waals surface area contributed by atoms with Crippen molar-refractivity contribution in [1.82, 2.24) is 28.7 Å². The molecule has 20 heteroatoms. The Balaban J connectivity index is 0.000000308. The molecule has 0 bridgehead atoms. The first-order chi connectivity index (χ1) is 34.2. The van der Waals surface area contributed by atoms with Crippen molar-refractivity contribution in [3.8, 4) is 23.0 Å². The number of aromatic nitrogens is 6. The van der Waals surface area contributed by atoms with Crippen molar-refractivity contribution in [2.45, 2.75) is 78.3 Å². The van der Waals surface area contributed by atoms with E-state index in [1.54, 1.807) is 31.3 Å². The predicted octanol–water partition coefficient (Wildman–Crippen LogP) is 4.42. The number of para-hydroxylation sites is 2. The number of rotatable bonds is 18. The number of hydrogen-bond donors (Lipinski definition) is 2. The number of aromatic amines is 1. The Morgan fingerprint density at radius 1 is 0.662 bits per heavy atom. The van der Waals surface area contributed by atoms with Gasteiger partial charge in [0.2, 0.25) is 0 Å². The number of fused-ring (bicyclic) bond motifs is 2. The summed E-state index contributed by atoms with van der Waals surface area (Å²) in [7, 11) is 1.56. The van der Waals surface area contributed by atoms with Crippen LogP contribution >= 0.6 is 0 Å². The molecule has 0 fully saturated rings. The number of hydrogen-bond acceptors (Lipinski definition) is 12. The number of benzene rings is 4. The third kappa shape index (κ3) is 13.5. The summed E-state index contributed by atoms with van der Waals surface area (Å²) in [6.45, 7) is 8.61. The van der Waals surface area contributed by atoms with Crippen LogP contribution in [0.15, 0.2) is 129 Å². The van der Waals surface area contributed by atoms with Crippen LogP contribution in [0.2, 0.25) is 0 Å². The van der Waals surface area contributed by atoms with Crippen molar-refractivity contribution in [3.05, 3.63) is 196 Å². The fraction of sp³-hybridized carbons (Fsp3) is 0.278. The van der Waals surface area contributed by atoms with Crippen LogP contribution in [0.25, 0.3) is 22.1 Å². The molecule has 0 amide bonds. The molecule has 8 rings (SSSR count). The van der Waals surface area contributed by atoms with Crippen LogP contribution in [0.1, 0.15) is 85.8 Å². The summed E-state index contributed by atoms with van der Waals surface area (Å²) < 4.78 is 47.9. The van der Waals surface area contributed by atoms with Gasteiger partial charge in [-0.25, -0.2) is 28.3 Å². The number of aryl methyl sites for hydroxylation is 1. The number of pyridine rings is 2. The average Bonchev–Trinajstić information content (AvgIpc) is 3.35. The largest absolute Gasteiger partial charge is 1.00 e. The van der Waals surface area contributed by atoms with E-state index in [0.29, 0.717) is 40.6 Å². The molecule has 4 aromatic heterocycles. The second kappa shape index (κ2) is 27.0. The predicted molar refractivity (Wildman–Crippen MR) is 271 cm³/mol. The van der Waals surface area contributed by atoms with Crippen LogP contribution < -0.4 is 50.8 Å². The molecule has 0 aliphatic rings. The summed E-state index contributed by atoms with van der Waals surface area (Å²) in [5.41, 5.74) is 2.80. The number of aliphatic hydroxyl groups excluding tert-OH is 1. The maximum Gasteiger partial charge on any atom is 1.00 e. The van der Waals surface area contributed by atoms with Gasteiger partial charge in [0.05, 0.1) is 29.8 Å². The van der Waals surface area contributed by atoms with Crippen LogP contribution in [0, 0.1) is 11.6 Å². The maximum atomic E-state index is 13.6. The number of nitrogens with one attached hydrogen (secondary N) is 1. The van der Waals surface area contributed by atoms with E-state index in [1.165, 1.54) is 41.2 Å². The van der Waals surface area contributed by atoms with Crippen molar-refractivity contribution in [1.29, 1.82) is 0 Å². The molecule has 0 saturated heterocycles.